The van der Waals surface area contributed by atoms with Gasteiger partial charge in [-0.2, -0.15) is 13.2 Å². The summed E-state index contributed by atoms with van der Waals surface area (Å²) in [7, 11) is 0. The van der Waals surface area contributed by atoms with Gasteiger partial charge in [-0.25, -0.2) is 4.98 Å². The number of nitrogens with zero attached hydrogens (tertiary/aromatic N) is 1. The molecule has 1 amide bonds. The van der Waals surface area contributed by atoms with Crippen LogP contribution < -0.4 is 10.1 Å². The highest BCUT2D eigenvalue weighted by Gasteiger charge is 2.29. The molecule has 0 aliphatic heterocycles. The molecule has 8 heteroatoms. The highest BCUT2D eigenvalue weighted by atomic mass is 19.4. The molecule has 24 heavy (non-hydrogen) atoms. The van der Waals surface area contributed by atoms with E-state index in [0.717, 1.165) is 32.1 Å². The van der Waals surface area contributed by atoms with Gasteiger partial charge in [-0.3, -0.25) is 4.79 Å². The van der Waals surface area contributed by atoms with E-state index in [1.54, 1.807) is 6.07 Å². The predicted octanol–water partition coefficient (Wildman–Crippen LogP) is 2.58. The van der Waals surface area contributed by atoms with Crippen LogP contribution in [0.2, 0.25) is 0 Å². The molecule has 1 aliphatic rings. The summed E-state index contributed by atoms with van der Waals surface area (Å²) in [6, 6.07) is 2.90. The van der Waals surface area contributed by atoms with Crippen molar-refractivity contribution in [3.05, 3.63) is 23.9 Å². The van der Waals surface area contributed by atoms with Gasteiger partial charge in [0, 0.05) is 18.8 Å². The number of aliphatic hydroxyl groups excluding tert-OH is 1. The average molecular weight is 346 g/mol. The van der Waals surface area contributed by atoms with Gasteiger partial charge in [0.2, 0.25) is 11.8 Å². The Bertz CT molecular complexity index is 546. The molecule has 1 fully saturated rings. The van der Waals surface area contributed by atoms with Crippen molar-refractivity contribution in [3.63, 3.8) is 0 Å². The molecule has 1 aliphatic carbocycles. The molecule has 0 radical (unpaired) electrons. The Kier molecular flexibility index (Phi) is 6.42. The molecule has 0 bridgehead atoms. The second-order valence-electron chi connectivity index (χ2n) is 5.97. The first-order valence-corrected chi connectivity index (χ1v) is 7.95. The van der Waals surface area contributed by atoms with Crippen LogP contribution in [-0.4, -0.2) is 34.9 Å². The Labute approximate surface area is 138 Å². The van der Waals surface area contributed by atoms with Crippen LogP contribution in [0.4, 0.5) is 13.2 Å². The van der Waals surface area contributed by atoms with Gasteiger partial charge in [-0.15, -0.1) is 0 Å². The lowest BCUT2D eigenvalue weighted by molar-refractivity contribution is -0.154. The molecule has 2 rings (SSSR count). The molecule has 1 saturated carbocycles. The zero-order valence-electron chi connectivity index (χ0n) is 13.2. The second kappa shape index (κ2) is 8.32. The Morgan fingerprint density at radius 1 is 1.38 bits per heavy atom. The predicted molar refractivity (Wildman–Crippen MR) is 80.2 cm³/mol. The minimum absolute atomic E-state index is 0.0260. The fourth-order valence-corrected chi connectivity index (χ4v) is 2.75. The lowest BCUT2D eigenvalue weighted by atomic mass is 9.85. The summed E-state index contributed by atoms with van der Waals surface area (Å²) in [4.78, 5) is 15.7. The van der Waals surface area contributed by atoms with Crippen molar-refractivity contribution >= 4 is 5.91 Å². The van der Waals surface area contributed by atoms with Crippen LogP contribution in [0.5, 0.6) is 5.88 Å². The number of halogens is 3. The van der Waals surface area contributed by atoms with Crippen molar-refractivity contribution in [2.24, 2.45) is 5.92 Å². The topological polar surface area (TPSA) is 71.5 Å². The van der Waals surface area contributed by atoms with Crippen molar-refractivity contribution in [2.75, 3.05) is 6.61 Å². The summed E-state index contributed by atoms with van der Waals surface area (Å²) in [5.74, 6) is -0.648. The molecule has 5 nitrogen and oxygen atoms in total. The van der Waals surface area contributed by atoms with Crippen molar-refractivity contribution in [1.82, 2.24) is 10.3 Å². The van der Waals surface area contributed by atoms with E-state index in [4.69, 9.17) is 0 Å². The van der Waals surface area contributed by atoms with E-state index in [1.165, 1.54) is 12.3 Å². The smallest absolute Gasteiger partial charge is 0.422 e. The van der Waals surface area contributed by atoms with Gasteiger partial charge in [0.15, 0.2) is 6.61 Å². The molecule has 0 aromatic carbocycles. The summed E-state index contributed by atoms with van der Waals surface area (Å²) in [6.45, 7) is -1.33. The maximum Gasteiger partial charge on any atom is 0.422 e. The molecule has 134 valence electrons. The second-order valence-corrected chi connectivity index (χ2v) is 5.97. The van der Waals surface area contributed by atoms with Crippen LogP contribution in [0.3, 0.4) is 0 Å². The van der Waals surface area contributed by atoms with Gasteiger partial charge in [0.25, 0.3) is 0 Å². The molecule has 0 unspecified atom stereocenters. The van der Waals surface area contributed by atoms with Crippen LogP contribution in [0.15, 0.2) is 18.3 Å². The molecular weight excluding hydrogens is 325 g/mol. The monoisotopic (exact) mass is 346 g/mol. The van der Waals surface area contributed by atoms with E-state index < -0.39 is 24.8 Å². The molecular formula is C16H21F3N2O3. The van der Waals surface area contributed by atoms with Gasteiger partial charge in [0.05, 0.1) is 0 Å². The number of hydrogen-bond donors (Lipinski definition) is 2. The Balaban J connectivity index is 1.83. The Morgan fingerprint density at radius 2 is 2.08 bits per heavy atom. The Morgan fingerprint density at radius 3 is 2.75 bits per heavy atom. The average Bonchev–Trinajstić information content (AvgIpc) is 2.58. The SMILES string of the molecule is O=C(NCc1ccnc(OCC(F)(F)F)c1)[C@H](O)C1CCCCC1. The zero-order chi connectivity index (χ0) is 17.6. The summed E-state index contributed by atoms with van der Waals surface area (Å²) >= 11 is 0. The molecule has 1 heterocycles. The van der Waals surface area contributed by atoms with Crippen LogP contribution in [-0.2, 0) is 11.3 Å². The van der Waals surface area contributed by atoms with Crippen LogP contribution in [0, 0.1) is 5.92 Å². The largest absolute Gasteiger partial charge is 0.468 e. The first-order valence-electron chi connectivity index (χ1n) is 7.95. The lowest BCUT2D eigenvalue weighted by Gasteiger charge is -2.25. The Hall–Kier alpha value is -1.83. The third-order valence-electron chi connectivity index (χ3n) is 4.01. The fraction of sp³-hybridized carbons (Fsp3) is 0.625. The lowest BCUT2D eigenvalue weighted by Crippen LogP contribution is -2.39. The summed E-state index contributed by atoms with van der Waals surface area (Å²) < 4.78 is 40.9. The quantitative estimate of drug-likeness (QED) is 0.831. The van der Waals surface area contributed by atoms with Gasteiger partial charge in [0.1, 0.15) is 6.10 Å². The number of aliphatic hydroxyl groups is 1. The van der Waals surface area contributed by atoms with Gasteiger partial charge in [-0.05, 0) is 30.4 Å². The van der Waals surface area contributed by atoms with Crippen molar-refractivity contribution < 1.29 is 27.8 Å². The fourth-order valence-electron chi connectivity index (χ4n) is 2.75. The molecule has 1 atom stereocenters. The number of ether oxygens (including phenoxy) is 1. The van der Waals surface area contributed by atoms with Crippen LogP contribution in [0.1, 0.15) is 37.7 Å². The normalized spacial score (nSPS) is 17.3. The summed E-state index contributed by atoms with van der Waals surface area (Å²) in [6.07, 6.45) is 0.647. The zero-order valence-corrected chi connectivity index (χ0v) is 13.2. The highest BCUT2D eigenvalue weighted by molar-refractivity contribution is 5.80. The van der Waals surface area contributed by atoms with Gasteiger partial charge in [-0.1, -0.05) is 19.3 Å². The van der Waals surface area contributed by atoms with Crippen LogP contribution in [0.25, 0.3) is 0 Å². The van der Waals surface area contributed by atoms with E-state index in [9.17, 15) is 23.1 Å². The van der Waals surface area contributed by atoms with E-state index >= 15 is 0 Å². The number of nitrogens with one attached hydrogen (secondary N) is 1. The van der Waals surface area contributed by atoms with Crippen LogP contribution >= 0.6 is 0 Å². The number of carbonyl (C=O) groups excluding carboxylic acids is 1. The number of pyridine rings is 1. The number of aromatic nitrogens is 1. The number of rotatable bonds is 6. The van der Waals surface area contributed by atoms with E-state index in [2.05, 4.69) is 15.0 Å². The molecule has 1 aromatic rings. The molecule has 2 N–H and O–H groups in total. The minimum Gasteiger partial charge on any atom is -0.468 e. The third-order valence-corrected chi connectivity index (χ3v) is 4.01. The molecule has 1 aromatic heterocycles. The van der Waals surface area contributed by atoms with Crippen molar-refractivity contribution in [3.8, 4) is 5.88 Å². The number of alkyl halides is 3. The highest BCUT2D eigenvalue weighted by Crippen LogP contribution is 2.26. The summed E-state index contributed by atoms with van der Waals surface area (Å²) in [5, 5.41) is 12.7. The van der Waals surface area contributed by atoms with E-state index in [-0.39, 0.29) is 18.3 Å². The van der Waals surface area contributed by atoms with Crippen molar-refractivity contribution in [1.29, 1.82) is 0 Å². The van der Waals surface area contributed by atoms with E-state index in [0.29, 0.717) is 5.56 Å². The standard InChI is InChI=1S/C16H21F3N2O3/c17-16(18,19)10-24-13-8-11(6-7-20-13)9-21-15(23)14(22)12-4-2-1-3-5-12/h6-8,12,14,22H,1-5,9-10H2,(H,21,23)/t14-/m1/s1. The van der Waals surface area contributed by atoms with E-state index in [1.807, 2.05) is 0 Å². The minimum atomic E-state index is -4.43. The molecule has 0 spiro atoms. The van der Waals surface area contributed by atoms with Crippen molar-refractivity contribution in [2.45, 2.75) is 50.9 Å². The first kappa shape index (κ1) is 18.5. The summed E-state index contributed by atoms with van der Waals surface area (Å²) in [5.41, 5.74) is 0.548. The molecule has 0 saturated heterocycles. The first-order chi connectivity index (χ1) is 11.3. The maximum absolute atomic E-state index is 12.1. The number of amides is 1. The number of carbonyl (C=O) groups is 1. The van der Waals surface area contributed by atoms with Gasteiger partial charge >= 0.3 is 6.18 Å². The third kappa shape index (κ3) is 5.99. The maximum atomic E-state index is 12.1. The van der Waals surface area contributed by atoms with Gasteiger partial charge < -0.3 is 15.2 Å². The number of hydrogen-bond acceptors (Lipinski definition) is 4.